The van der Waals surface area contributed by atoms with Gasteiger partial charge in [-0.05, 0) is 24.3 Å². The van der Waals surface area contributed by atoms with Crippen molar-refractivity contribution in [2.75, 3.05) is 36.5 Å². The van der Waals surface area contributed by atoms with E-state index in [1.165, 1.54) is 5.69 Å². The van der Waals surface area contributed by atoms with Crippen LogP contribution < -0.4 is 10.2 Å². The standard InChI is InChI=1S/C19H20N8O/c1-26-12-13(10-21-26)18-23-16-11-20-25-17(16)19(24-18)22-14-2-4-15(5-3-14)27-6-8-28-9-7-27/h2-5,10-12H,6-9H2,1H3,(H,20,25)(H,22,23,24). The van der Waals surface area contributed by atoms with Crippen LogP contribution in [0.15, 0.2) is 42.9 Å². The minimum absolute atomic E-state index is 0.606. The van der Waals surface area contributed by atoms with Gasteiger partial charge in [-0.2, -0.15) is 10.2 Å². The van der Waals surface area contributed by atoms with Crippen LogP contribution in [0.3, 0.4) is 0 Å². The van der Waals surface area contributed by atoms with E-state index < -0.39 is 0 Å². The van der Waals surface area contributed by atoms with Crippen molar-refractivity contribution in [3.63, 3.8) is 0 Å². The van der Waals surface area contributed by atoms with Crippen LogP contribution in [0.4, 0.5) is 17.2 Å². The van der Waals surface area contributed by atoms with Crippen molar-refractivity contribution in [2.24, 2.45) is 7.05 Å². The van der Waals surface area contributed by atoms with Gasteiger partial charge in [0.25, 0.3) is 0 Å². The smallest absolute Gasteiger partial charge is 0.165 e. The lowest BCUT2D eigenvalue weighted by molar-refractivity contribution is 0.122. The molecule has 3 aromatic heterocycles. The Morgan fingerprint density at radius 2 is 1.89 bits per heavy atom. The SMILES string of the molecule is Cn1cc(-c2nc(Nc3ccc(N4CCOCC4)cc3)c3[nH]ncc3n2)cn1. The van der Waals surface area contributed by atoms with E-state index in [0.29, 0.717) is 11.6 Å². The predicted molar refractivity (Wildman–Crippen MR) is 107 cm³/mol. The molecule has 5 rings (SSSR count). The van der Waals surface area contributed by atoms with Gasteiger partial charge in [-0.1, -0.05) is 0 Å². The summed E-state index contributed by atoms with van der Waals surface area (Å²) in [6.07, 6.45) is 5.34. The average molecular weight is 376 g/mol. The van der Waals surface area contributed by atoms with Gasteiger partial charge >= 0.3 is 0 Å². The second-order valence-corrected chi connectivity index (χ2v) is 6.70. The third-order valence-electron chi connectivity index (χ3n) is 4.77. The number of anilines is 3. The van der Waals surface area contributed by atoms with E-state index in [9.17, 15) is 0 Å². The number of hydrogen-bond acceptors (Lipinski definition) is 7. The van der Waals surface area contributed by atoms with Crippen molar-refractivity contribution in [2.45, 2.75) is 0 Å². The molecule has 0 aliphatic carbocycles. The van der Waals surface area contributed by atoms with Gasteiger partial charge in [0.2, 0.25) is 0 Å². The van der Waals surface area contributed by atoms with E-state index in [4.69, 9.17) is 9.72 Å². The zero-order valence-electron chi connectivity index (χ0n) is 15.5. The van der Waals surface area contributed by atoms with Crippen LogP contribution in [0.2, 0.25) is 0 Å². The monoisotopic (exact) mass is 376 g/mol. The number of aryl methyl sites for hydroxylation is 1. The lowest BCUT2D eigenvalue weighted by Crippen LogP contribution is -2.36. The molecular formula is C19H20N8O. The molecule has 1 aliphatic heterocycles. The first kappa shape index (κ1) is 16.7. The van der Waals surface area contributed by atoms with Crippen LogP contribution in [0, 0.1) is 0 Å². The molecule has 0 spiro atoms. The third-order valence-corrected chi connectivity index (χ3v) is 4.77. The molecule has 0 bridgehead atoms. The summed E-state index contributed by atoms with van der Waals surface area (Å²) in [5.41, 5.74) is 4.52. The molecule has 0 saturated carbocycles. The van der Waals surface area contributed by atoms with E-state index in [-0.39, 0.29) is 0 Å². The van der Waals surface area contributed by atoms with Crippen molar-refractivity contribution in [3.05, 3.63) is 42.9 Å². The first-order valence-electron chi connectivity index (χ1n) is 9.16. The highest BCUT2D eigenvalue weighted by atomic mass is 16.5. The van der Waals surface area contributed by atoms with E-state index in [1.54, 1.807) is 17.1 Å². The maximum atomic E-state index is 5.42. The second kappa shape index (κ2) is 6.93. The van der Waals surface area contributed by atoms with E-state index in [1.807, 2.05) is 13.2 Å². The number of aromatic amines is 1. The van der Waals surface area contributed by atoms with Crippen LogP contribution in [0.1, 0.15) is 0 Å². The predicted octanol–water partition coefficient (Wildman–Crippen LogP) is 2.33. The van der Waals surface area contributed by atoms with Crippen molar-refractivity contribution in [1.29, 1.82) is 0 Å². The summed E-state index contributed by atoms with van der Waals surface area (Å²) in [6.45, 7) is 3.38. The first-order chi connectivity index (χ1) is 13.8. The molecule has 4 heterocycles. The number of hydrogen-bond donors (Lipinski definition) is 2. The lowest BCUT2D eigenvalue weighted by atomic mass is 10.2. The molecule has 4 aromatic rings. The van der Waals surface area contributed by atoms with E-state index in [0.717, 1.165) is 48.6 Å². The van der Waals surface area contributed by atoms with Crippen LogP contribution in [0.25, 0.3) is 22.4 Å². The quantitative estimate of drug-likeness (QED) is 0.564. The zero-order chi connectivity index (χ0) is 18.9. The molecule has 2 N–H and O–H groups in total. The fraction of sp³-hybridized carbons (Fsp3) is 0.263. The number of rotatable bonds is 4. The Kier molecular flexibility index (Phi) is 4.13. The van der Waals surface area contributed by atoms with Gasteiger partial charge in [0, 0.05) is 37.7 Å². The Hall–Kier alpha value is -3.46. The Labute approximate surface area is 161 Å². The van der Waals surface area contributed by atoms with Gasteiger partial charge in [0.1, 0.15) is 11.0 Å². The molecule has 0 atom stereocenters. The molecular weight excluding hydrogens is 356 g/mol. The highest BCUT2D eigenvalue weighted by molar-refractivity contribution is 5.88. The van der Waals surface area contributed by atoms with Gasteiger partial charge in [-0.3, -0.25) is 9.78 Å². The van der Waals surface area contributed by atoms with Crippen molar-refractivity contribution >= 4 is 28.2 Å². The Bertz CT molecular complexity index is 1090. The molecule has 0 amide bonds. The van der Waals surface area contributed by atoms with Gasteiger partial charge < -0.3 is 15.0 Å². The summed E-state index contributed by atoms with van der Waals surface area (Å²) >= 11 is 0. The first-order valence-corrected chi connectivity index (χ1v) is 9.16. The molecule has 0 unspecified atom stereocenters. The Morgan fingerprint density at radius 1 is 1.07 bits per heavy atom. The molecule has 9 nitrogen and oxygen atoms in total. The Balaban J connectivity index is 1.45. The highest BCUT2D eigenvalue weighted by Crippen LogP contribution is 2.27. The number of nitrogens with zero attached hydrogens (tertiary/aromatic N) is 6. The maximum absolute atomic E-state index is 5.42. The van der Waals surface area contributed by atoms with Crippen molar-refractivity contribution < 1.29 is 4.74 Å². The number of morpholine rings is 1. The number of H-pyrrole nitrogens is 1. The topological polar surface area (TPSA) is 96.8 Å². The Morgan fingerprint density at radius 3 is 2.64 bits per heavy atom. The molecule has 9 heteroatoms. The van der Waals surface area contributed by atoms with Gasteiger partial charge in [-0.25, -0.2) is 9.97 Å². The summed E-state index contributed by atoms with van der Waals surface area (Å²) in [7, 11) is 1.87. The van der Waals surface area contributed by atoms with Gasteiger partial charge in [0.15, 0.2) is 11.6 Å². The van der Waals surface area contributed by atoms with Crippen molar-refractivity contribution in [1.82, 2.24) is 29.9 Å². The molecule has 1 fully saturated rings. The minimum Gasteiger partial charge on any atom is -0.378 e. The summed E-state index contributed by atoms with van der Waals surface area (Å²) in [5.74, 6) is 1.29. The summed E-state index contributed by atoms with van der Waals surface area (Å²) in [5, 5.41) is 14.7. The summed E-state index contributed by atoms with van der Waals surface area (Å²) in [6, 6.07) is 8.33. The van der Waals surface area contributed by atoms with Gasteiger partial charge in [-0.15, -0.1) is 0 Å². The zero-order valence-corrected chi connectivity index (χ0v) is 15.5. The number of nitrogens with one attached hydrogen (secondary N) is 2. The maximum Gasteiger partial charge on any atom is 0.165 e. The molecule has 142 valence electrons. The van der Waals surface area contributed by atoms with Crippen LogP contribution >= 0.6 is 0 Å². The molecule has 0 radical (unpaired) electrons. The number of ether oxygens (including phenoxy) is 1. The second-order valence-electron chi connectivity index (χ2n) is 6.70. The van der Waals surface area contributed by atoms with Gasteiger partial charge in [0.05, 0.1) is 31.2 Å². The number of aromatic nitrogens is 6. The van der Waals surface area contributed by atoms with Crippen molar-refractivity contribution in [3.8, 4) is 11.4 Å². The summed E-state index contributed by atoms with van der Waals surface area (Å²) in [4.78, 5) is 11.6. The fourth-order valence-electron chi connectivity index (χ4n) is 3.31. The minimum atomic E-state index is 0.606. The van der Waals surface area contributed by atoms with E-state index >= 15 is 0 Å². The number of benzene rings is 1. The molecule has 28 heavy (non-hydrogen) atoms. The largest absolute Gasteiger partial charge is 0.378 e. The average Bonchev–Trinajstić information content (AvgIpc) is 3.38. The fourth-order valence-corrected chi connectivity index (χ4v) is 3.31. The molecule has 1 saturated heterocycles. The highest BCUT2D eigenvalue weighted by Gasteiger charge is 2.14. The lowest BCUT2D eigenvalue weighted by Gasteiger charge is -2.28. The van der Waals surface area contributed by atoms with E-state index in [2.05, 4.69) is 54.8 Å². The van der Waals surface area contributed by atoms with Crippen LogP contribution in [0.5, 0.6) is 0 Å². The third kappa shape index (κ3) is 3.16. The summed E-state index contributed by atoms with van der Waals surface area (Å²) < 4.78 is 7.15. The number of fused-ring (bicyclic) bond motifs is 1. The van der Waals surface area contributed by atoms with Crippen LogP contribution in [-0.4, -0.2) is 56.2 Å². The normalized spacial score (nSPS) is 14.5. The molecule has 1 aromatic carbocycles. The molecule has 1 aliphatic rings. The van der Waals surface area contributed by atoms with Crippen LogP contribution in [-0.2, 0) is 11.8 Å².